The van der Waals surface area contributed by atoms with Crippen LogP contribution >= 0.6 is 0 Å². The molecule has 2 heterocycles. The van der Waals surface area contributed by atoms with Crippen molar-refractivity contribution in [2.45, 2.75) is 6.18 Å². The van der Waals surface area contributed by atoms with Gasteiger partial charge in [0.15, 0.2) is 0 Å². The van der Waals surface area contributed by atoms with Crippen molar-refractivity contribution < 1.29 is 13.2 Å². The summed E-state index contributed by atoms with van der Waals surface area (Å²) in [6.07, 6.45) is -1.25. The highest BCUT2D eigenvalue weighted by Crippen LogP contribution is 2.31. The fourth-order valence-electron chi connectivity index (χ4n) is 2.71. The molecule has 4 nitrogen and oxygen atoms in total. The third-order valence-electron chi connectivity index (χ3n) is 4.05. The lowest BCUT2D eigenvalue weighted by Gasteiger charge is -2.09. The molecule has 0 unspecified atom stereocenters. The molecule has 2 aromatic heterocycles. The predicted octanol–water partition coefficient (Wildman–Crippen LogP) is 5.45. The first-order valence-corrected chi connectivity index (χ1v) is 8.10. The fourth-order valence-corrected chi connectivity index (χ4v) is 2.71. The summed E-state index contributed by atoms with van der Waals surface area (Å²) < 4.78 is 38.1. The van der Waals surface area contributed by atoms with Crippen molar-refractivity contribution in [2.75, 3.05) is 5.32 Å². The Balaban J connectivity index is 1.60. The van der Waals surface area contributed by atoms with Crippen molar-refractivity contribution in [3.8, 4) is 11.3 Å². The van der Waals surface area contributed by atoms with Gasteiger partial charge in [-0.3, -0.25) is 4.98 Å². The highest BCUT2D eigenvalue weighted by molar-refractivity contribution is 5.83. The van der Waals surface area contributed by atoms with Gasteiger partial charge >= 0.3 is 6.18 Å². The predicted molar refractivity (Wildman–Crippen MR) is 97.5 cm³/mol. The summed E-state index contributed by atoms with van der Waals surface area (Å²) in [5, 5.41) is 4.17. The van der Waals surface area contributed by atoms with Gasteiger partial charge in [-0.2, -0.15) is 13.2 Å². The standard InChI is InChI=1S/C20H13F3N4/c21-20(22,23)15-5-3-13(4-6-15)18-11-19(26-12-25-18)27-16-7-8-17-14(10-16)2-1-9-24-17/h1-12H,(H,25,26,27). The number of nitrogens with zero attached hydrogens (tertiary/aromatic N) is 3. The van der Waals surface area contributed by atoms with Crippen molar-refractivity contribution in [1.82, 2.24) is 15.0 Å². The lowest BCUT2D eigenvalue weighted by molar-refractivity contribution is -0.137. The summed E-state index contributed by atoms with van der Waals surface area (Å²) in [6, 6.07) is 16.1. The van der Waals surface area contributed by atoms with Gasteiger partial charge in [-0.25, -0.2) is 9.97 Å². The van der Waals surface area contributed by atoms with Crippen molar-refractivity contribution in [3.05, 3.63) is 78.8 Å². The average molecular weight is 366 g/mol. The van der Waals surface area contributed by atoms with E-state index < -0.39 is 11.7 Å². The van der Waals surface area contributed by atoms with Gasteiger partial charge in [-0.15, -0.1) is 0 Å². The van der Waals surface area contributed by atoms with E-state index in [2.05, 4.69) is 20.3 Å². The number of fused-ring (bicyclic) bond motifs is 1. The Morgan fingerprint density at radius 1 is 0.815 bits per heavy atom. The van der Waals surface area contributed by atoms with E-state index in [4.69, 9.17) is 0 Å². The van der Waals surface area contributed by atoms with Crippen LogP contribution in [0.5, 0.6) is 0 Å². The number of hydrogen-bond acceptors (Lipinski definition) is 4. The van der Waals surface area contributed by atoms with Gasteiger partial charge in [-0.1, -0.05) is 18.2 Å². The molecule has 0 fully saturated rings. The molecule has 0 bridgehead atoms. The van der Waals surface area contributed by atoms with E-state index in [1.807, 2.05) is 30.3 Å². The molecule has 0 saturated heterocycles. The Hall–Kier alpha value is -3.48. The second-order valence-electron chi connectivity index (χ2n) is 5.90. The van der Waals surface area contributed by atoms with Crippen molar-refractivity contribution in [2.24, 2.45) is 0 Å². The molecule has 1 N–H and O–H groups in total. The molecule has 0 aliphatic carbocycles. The van der Waals surface area contributed by atoms with Gasteiger partial charge in [-0.05, 0) is 36.4 Å². The van der Waals surface area contributed by atoms with Gasteiger partial charge in [0.2, 0.25) is 0 Å². The normalized spacial score (nSPS) is 11.5. The molecule has 134 valence electrons. The van der Waals surface area contributed by atoms with Crippen LogP contribution in [0.1, 0.15) is 5.56 Å². The Morgan fingerprint density at radius 3 is 2.41 bits per heavy atom. The quantitative estimate of drug-likeness (QED) is 0.523. The van der Waals surface area contributed by atoms with Crippen LogP contribution in [0, 0.1) is 0 Å². The molecular weight excluding hydrogens is 353 g/mol. The number of anilines is 2. The first kappa shape index (κ1) is 17.0. The number of benzene rings is 2. The lowest BCUT2D eigenvalue weighted by atomic mass is 10.1. The monoisotopic (exact) mass is 366 g/mol. The molecule has 7 heteroatoms. The van der Waals surface area contributed by atoms with Crippen molar-refractivity contribution in [1.29, 1.82) is 0 Å². The minimum atomic E-state index is -4.36. The highest BCUT2D eigenvalue weighted by Gasteiger charge is 2.30. The summed E-state index contributed by atoms with van der Waals surface area (Å²) in [5.41, 5.74) is 2.13. The Kier molecular flexibility index (Phi) is 4.19. The molecule has 27 heavy (non-hydrogen) atoms. The van der Waals surface area contributed by atoms with Crippen LogP contribution in [0.4, 0.5) is 24.7 Å². The van der Waals surface area contributed by atoms with Gasteiger partial charge in [0.1, 0.15) is 12.1 Å². The number of halogens is 3. The third-order valence-corrected chi connectivity index (χ3v) is 4.05. The first-order valence-electron chi connectivity index (χ1n) is 8.10. The molecule has 4 aromatic rings. The van der Waals surface area contributed by atoms with Crippen LogP contribution in [0.3, 0.4) is 0 Å². The molecule has 0 aliphatic heterocycles. The number of alkyl halides is 3. The average Bonchev–Trinajstić information content (AvgIpc) is 2.68. The third kappa shape index (κ3) is 3.72. The van der Waals surface area contributed by atoms with Crippen LogP contribution in [-0.2, 0) is 6.18 Å². The van der Waals surface area contributed by atoms with E-state index >= 15 is 0 Å². The fraction of sp³-hybridized carbons (Fsp3) is 0.0500. The molecule has 2 aromatic carbocycles. The van der Waals surface area contributed by atoms with E-state index in [0.717, 1.165) is 28.7 Å². The van der Waals surface area contributed by atoms with Crippen molar-refractivity contribution in [3.63, 3.8) is 0 Å². The van der Waals surface area contributed by atoms with E-state index in [1.165, 1.54) is 18.5 Å². The van der Waals surface area contributed by atoms with Gasteiger partial charge in [0.25, 0.3) is 0 Å². The number of rotatable bonds is 3. The Labute approximate surface area is 152 Å². The molecule has 0 amide bonds. The highest BCUT2D eigenvalue weighted by atomic mass is 19.4. The summed E-state index contributed by atoms with van der Waals surface area (Å²) in [5.74, 6) is 0.545. The van der Waals surface area contributed by atoms with Gasteiger partial charge in [0.05, 0.1) is 16.8 Å². The van der Waals surface area contributed by atoms with E-state index in [0.29, 0.717) is 17.1 Å². The smallest absolute Gasteiger partial charge is 0.340 e. The molecule has 4 rings (SSSR count). The van der Waals surface area contributed by atoms with Crippen LogP contribution in [0.25, 0.3) is 22.2 Å². The Bertz CT molecular complexity index is 1090. The van der Waals surface area contributed by atoms with Crippen LogP contribution in [-0.4, -0.2) is 15.0 Å². The van der Waals surface area contributed by atoms with Gasteiger partial charge < -0.3 is 5.32 Å². The number of nitrogens with one attached hydrogen (secondary N) is 1. The maximum absolute atomic E-state index is 12.7. The summed E-state index contributed by atoms with van der Waals surface area (Å²) >= 11 is 0. The summed E-state index contributed by atoms with van der Waals surface area (Å²) in [4.78, 5) is 12.6. The summed E-state index contributed by atoms with van der Waals surface area (Å²) in [7, 11) is 0. The number of aromatic nitrogens is 3. The Morgan fingerprint density at radius 2 is 1.63 bits per heavy atom. The zero-order valence-corrected chi connectivity index (χ0v) is 13.9. The molecule has 0 radical (unpaired) electrons. The topological polar surface area (TPSA) is 50.7 Å². The minimum Gasteiger partial charge on any atom is -0.340 e. The second kappa shape index (κ2) is 6.68. The molecule has 0 saturated carbocycles. The summed E-state index contributed by atoms with van der Waals surface area (Å²) in [6.45, 7) is 0. The van der Waals surface area contributed by atoms with Crippen LogP contribution in [0.15, 0.2) is 73.2 Å². The van der Waals surface area contributed by atoms with Crippen LogP contribution in [0.2, 0.25) is 0 Å². The first-order chi connectivity index (χ1) is 13.0. The molecule has 0 atom stereocenters. The zero-order chi connectivity index (χ0) is 18.9. The lowest BCUT2D eigenvalue weighted by Crippen LogP contribution is -2.04. The zero-order valence-electron chi connectivity index (χ0n) is 13.9. The minimum absolute atomic E-state index is 0.531. The number of pyridine rings is 1. The maximum Gasteiger partial charge on any atom is 0.416 e. The molecule has 0 aliphatic rings. The second-order valence-corrected chi connectivity index (χ2v) is 5.90. The van der Waals surface area contributed by atoms with E-state index in [1.54, 1.807) is 12.3 Å². The number of hydrogen-bond donors (Lipinski definition) is 1. The van der Waals surface area contributed by atoms with Gasteiger partial charge in [0, 0.05) is 28.9 Å². The SMILES string of the molecule is FC(F)(F)c1ccc(-c2cc(Nc3ccc4ncccc4c3)ncn2)cc1. The van der Waals surface area contributed by atoms with Crippen LogP contribution < -0.4 is 5.32 Å². The van der Waals surface area contributed by atoms with Crippen molar-refractivity contribution >= 4 is 22.4 Å². The largest absolute Gasteiger partial charge is 0.416 e. The van der Waals surface area contributed by atoms with E-state index in [-0.39, 0.29) is 0 Å². The van der Waals surface area contributed by atoms with E-state index in [9.17, 15) is 13.2 Å². The maximum atomic E-state index is 12.7. The molecular formula is C20H13F3N4. The molecule has 0 spiro atoms.